The van der Waals surface area contributed by atoms with Gasteiger partial charge in [0.15, 0.2) is 5.75 Å². The van der Waals surface area contributed by atoms with Crippen LogP contribution in [-0.4, -0.2) is 41.0 Å². The molecular weight excluding hydrogens is 348 g/mol. The zero-order chi connectivity index (χ0) is 19.9. The zero-order valence-corrected chi connectivity index (χ0v) is 15.5. The number of hydrogen-bond donors (Lipinski definition) is 3. The van der Waals surface area contributed by atoms with Gasteiger partial charge >= 0.3 is 5.69 Å². The molecule has 146 valence electrons. The summed E-state index contributed by atoms with van der Waals surface area (Å²) in [5, 5.41) is 34.3. The molecule has 0 heterocycles. The molecule has 7 heteroatoms. The minimum absolute atomic E-state index is 0.0254. The number of aliphatic hydroxyl groups is 2. The van der Waals surface area contributed by atoms with Gasteiger partial charge in [-0.3, -0.25) is 10.1 Å². The van der Waals surface area contributed by atoms with Gasteiger partial charge in [0, 0.05) is 30.7 Å². The van der Waals surface area contributed by atoms with Gasteiger partial charge in [-0.2, -0.15) is 0 Å². The number of ether oxygens (including phenoxy) is 1. The molecule has 0 aromatic heterocycles. The third kappa shape index (κ3) is 5.75. The standard InChI is InChI=1S/C20H26N2O5/c1-20(2,14-23)19(15-8-4-3-5-9-15)21-12-16(24)13-27-18-11-7-6-10-17(18)22(25)26/h3-11,16,19,21,23-24H,12-14H2,1-2H3. The van der Waals surface area contributed by atoms with Crippen LogP contribution in [0, 0.1) is 15.5 Å². The fraction of sp³-hybridized carbons (Fsp3) is 0.400. The van der Waals surface area contributed by atoms with E-state index in [-0.39, 0.29) is 37.2 Å². The molecule has 0 bridgehead atoms. The lowest BCUT2D eigenvalue weighted by molar-refractivity contribution is -0.385. The molecule has 0 fully saturated rings. The highest BCUT2D eigenvalue weighted by Gasteiger charge is 2.30. The molecule has 0 radical (unpaired) electrons. The third-order valence-electron chi connectivity index (χ3n) is 4.37. The number of aliphatic hydroxyl groups excluding tert-OH is 2. The minimum atomic E-state index is -0.870. The Morgan fingerprint density at radius 1 is 1.15 bits per heavy atom. The molecular formula is C20H26N2O5. The van der Waals surface area contributed by atoms with E-state index in [0.29, 0.717) is 0 Å². The van der Waals surface area contributed by atoms with Gasteiger partial charge in [-0.15, -0.1) is 0 Å². The Labute approximate surface area is 158 Å². The molecule has 7 nitrogen and oxygen atoms in total. The van der Waals surface area contributed by atoms with Crippen LogP contribution in [0.4, 0.5) is 5.69 Å². The Kier molecular flexibility index (Phi) is 7.29. The molecule has 2 unspecified atom stereocenters. The normalized spacial score (nSPS) is 13.8. The number of nitrogens with one attached hydrogen (secondary N) is 1. The average Bonchev–Trinajstić information content (AvgIpc) is 2.67. The molecule has 2 aromatic carbocycles. The Balaban J connectivity index is 1.98. The maximum absolute atomic E-state index is 11.0. The molecule has 3 N–H and O–H groups in total. The van der Waals surface area contributed by atoms with Crippen molar-refractivity contribution >= 4 is 5.69 Å². The van der Waals surface area contributed by atoms with Crippen LogP contribution in [-0.2, 0) is 0 Å². The van der Waals surface area contributed by atoms with Crippen LogP contribution in [0.5, 0.6) is 5.75 Å². The molecule has 0 saturated heterocycles. The minimum Gasteiger partial charge on any atom is -0.484 e. The van der Waals surface area contributed by atoms with Crippen molar-refractivity contribution in [1.29, 1.82) is 0 Å². The molecule has 0 aliphatic carbocycles. The molecule has 2 atom stereocenters. The topological polar surface area (TPSA) is 105 Å². The van der Waals surface area contributed by atoms with E-state index in [9.17, 15) is 20.3 Å². The predicted molar refractivity (Wildman–Crippen MR) is 103 cm³/mol. The van der Waals surface area contributed by atoms with Gasteiger partial charge in [0.05, 0.1) is 4.92 Å². The molecule has 2 aromatic rings. The second-order valence-corrected chi connectivity index (χ2v) is 7.09. The van der Waals surface area contributed by atoms with E-state index >= 15 is 0 Å². The molecule has 27 heavy (non-hydrogen) atoms. The first-order chi connectivity index (χ1) is 12.8. The van der Waals surface area contributed by atoms with Crippen LogP contribution in [0.15, 0.2) is 54.6 Å². The monoisotopic (exact) mass is 374 g/mol. The van der Waals surface area contributed by atoms with Crippen LogP contribution >= 0.6 is 0 Å². The number of nitro groups is 1. The van der Waals surface area contributed by atoms with E-state index in [1.54, 1.807) is 12.1 Å². The first-order valence-electron chi connectivity index (χ1n) is 8.78. The van der Waals surface area contributed by atoms with Crippen molar-refractivity contribution in [2.24, 2.45) is 5.41 Å². The maximum Gasteiger partial charge on any atom is 0.310 e. The first kappa shape index (κ1) is 20.8. The van der Waals surface area contributed by atoms with E-state index < -0.39 is 16.4 Å². The van der Waals surface area contributed by atoms with Crippen molar-refractivity contribution in [3.63, 3.8) is 0 Å². The summed E-state index contributed by atoms with van der Waals surface area (Å²) in [6.45, 7) is 3.98. The van der Waals surface area contributed by atoms with Gasteiger partial charge in [-0.1, -0.05) is 56.3 Å². The van der Waals surface area contributed by atoms with E-state index in [0.717, 1.165) is 5.56 Å². The van der Waals surface area contributed by atoms with Gasteiger partial charge in [0.1, 0.15) is 12.7 Å². The average molecular weight is 374 g/mol. The maximum atomic E-state index is 11.0. The molecule has 2 rings (SSSR count). The summed E-state index contributed by atoms with van der Waals surface area (Å²) in [4.78, 5) is 10.5. The predicted octanol–water partition coefficient (Wildman–Crippen LogP) is 2.68. The van der Waals surface area contributed by atoms with Gasteiger partial charge in [-0.05, 0) is 11.6 Å². The van der Waals surface area contributed by atoms with Crippen LogP contribution in [0.3, 0.4) is 0 Å². The highest BCUT2D eigenvalue weighted by atomic mass is 16.6. The summed E-state index contributed by atoms with van der Waals surface area (Å²) in [5.74, 6) is 0.122. The van der Waals surface area contributed by atoms with Crippen molar-refractivity contribution in [3.05, 3.63) is 70.3 Å². The largest absolute Gasteiger partial charge is 0.484 e. The van der Waals surface area contributed by atoms with Crippen LogP contribution < -0.4 is 10.1 Å². The number of para-hydroxylation sites is 2. The molecule has 0 saturated carbocycles. The van der Waals surface area contributed by atoms with E-state index in [2.05, 4.69) is 5.32 Å². The quantitative estimate of drug-likeness (QED) is 0.436. The van der Waals surface area contributed by atoms with Crippen LogP contribution in [0.2, 0.25) is 0 Å². The molecule has 0 aliphatic heterocycles. The Morgan fingerprint density at radius 3 is 2.41 bits per heavy atom. The zero-order valence-electron chi connectivity index (χ0n) is 15.5. The number of nitrogens with zero attached hydrogens (tertiary/aromatic N) is 1. The van der Waals surface area contributed by atoms with Gasteiger partial charge in [0.2, 0.25) is 0 Å². The fourth-order valence-electron chi connectivity index (χ4n) is 2.81. The molecule has 0 amide bonds. The Hall–Kier alpha value is -2.48. The second-order valence-electron chi connectivity index (χ2n) is 7.09. The molecule has 0 spiro atoms. The number of benzene rings is 2. The first-order valence-corrected chi connectivity index (χ1v) is 8.78. The summed E-state index contributed by atoms with van der Waals surface area (Å²) in [5.41, 5.74) is 0.421. The Bertz CT molecular complexity index is 736. The van der Waals surface area contributed by atoms with Crippen molar-refractivity contribution in [2.75, 3.05) is 19.8 Å². The van der Waals surface area contributed by atoms with Gasteiger partial charge in [-0.25, -0.2) is 0 Å². The number of hydrogen-bond acceptors (Lipinski definition) is 6. The van der Waals surface area contributed by atoms with Gasteiger partial charge in [0.25, 0.3) is 0 Å². The highest BCUT2D eigenvalue weighted by Crippen LogP contribution is 2.32. The summed E-state index contributed by atoms with van der Waals surface area (Å²) >= 11 is 0. The smallest absolute Gasteiger partial charge is 0.310 e. The van der Waals surface area contributed by atoms with Gasteiger partial charge < -0.3 is 20.3 Å². The number of rotatable bonds is 10. The van der Waals surface area contributed by atoms with Crippen LogP contribution in [0.25, 0.3) is 0 Å². The highest BCUT2D eigenvalue weighted by molar-refractivity contribution is 5.45. The van der Waals surface area contributed by atoms with Crippen molar-refractivity contribution in [1.82, 2.24) is 5.32 Å². The lowest BCUT2D eigenvalue weighted by Gasteiger charge is -2.34. The molecule has 0 aliphatic rings. The lowest BCUT2D eigenvalue weighted by atomic mass is 9.81. The summed E-state index contributed by atoms with van der Waals surface area (Å²) in [7, 11) is 0. The number of nitro benzene ring substituents is 1. The lowest BCUT2D eigenvalue weighted by Crippen LogP contribution is -2.41. The van der Waals surface area contributed by atoms with Crippen LogP contribution in [0.1, 0.15) is 25.5 Å². The summed E-state index contributed by atoms with van der Waals surface area (Å²) in [6, 6.07) is 15.6. The fourth-order valence-corrected chi connectivity index (χ4v) is 2.81. The van der Waals surface area contributed by atoms with Crippen molar-refractivity contribution in [3.8, 4) is 5.75 Å². The van der Waals surface area contributed by atoms with Crippen molar-refractivity contribution < 1.29 is 19.9 Å². The summed E-state index contributed by atoms with van der Waals surface area (Å²) < 4.78 is 5.43. The van der Waals surface area contributed by atoms with E-state index in [1.807, 2.05) is 44.2 Å². The van der Waals surface area contributed by atoms with Crippen molar-refractivity contribution in [2.45, 2.75) is 26.0 Å². The Morgan fingerprint density at radius 2 is 1.78 bits per heavy atom. The third-order valence-corrected chi connectivity index (χ3v) is 4.37. The van der Waals surface area contributed by atoms with E-state index in [1.165, 1.54) is 12.1 Å². The summed E-state index contributed by atoms with van der Waals surface area (Å²) in [6.07, 6.45) is -0.870. The second kappa shape index (κ2) is 9.45. The SMILES string of the molecule is CC(C)(CO)C(NCC(O)COc1ccccc1[N+](=O)[O-])c1ccccc1. The van der Waals surface area contributed by atoms with E-state index in [4.69, 9.17) is 4.74 Å².